The Morgan fingerprint density at radius 3 is 1.73 bits per heavy atom. The van der Waals surface area contributed by atoms with Crippen molar-refractivity contribution in [2.75, 3.05) is 0 Å². The van der Waals surface area contributed by atoms with Gasteiger partial charge in [-0.3, -0.25) is 0 Å². The molecule has 0 saturated carbocycles. The van der Waals surface area contributed by atoms with Gasteiger partial charge in [-0.2, -0.15) is 0 Å². The van der Waals surface area contributed by atoms with Crippen molar-refractivity contribution in [1.82, 2.24) is 0 Å². The topological polar surface area (TPSA) is 18.5 Å². The Hall–Kier alpha value is -0.795. The molecule has 1 aliphatic heterocycles. The third-order valence-electron chi connectivity index (χ3n) is 4.04. The van der Waals surface area contributed by atoms with Crippen LogP contribution >= 0.6 is 10.2 Å². The van der Waals surface area contributed by atoms with Crippen LogP contribution in [0, 0.1) is 6.92 Å². The van der Waals surface area contributed by atoms with Crippen molar-refractivity contribution < 1.29 is 28.7 Å². The fourth-order valence-electron chi connectivity index (χ4n) is 2.11. The van der Waals surface area contributed by atoms with E-state index >= 15 is 0 Å². The Morgan fingerprint density at radius 2 is 1.32 bits per heavy atom. The molecular formula is C13H18BF5O2S. The first-order valence-corrected chi connectivity index (χ1v) is 8.58. The zero-order chi connectivity index (χ0) is 17.3. The lowest BCUT2D eigenvalue weighted by atomic mass is 9.78. The van der Waals surface area contributed by atoms with Gasteiger partial charge in [0.15, 0.2) is 0 Å². The summed E-state index contributed by atoms with van der Waals surface area (Å²) in [4.78, 5) is -1.93. The number of hydrogen-bond donors (Lipinski definition) is 0. The zero-order valence-electron chi connectivity index (χ0n) is 12.9. The van der Waals surface area contributed by atoms with E-state index < -0.39 is 33.4 Å². The second-order valence-corrected chi connectivity index (χ2v) is 9.05. The van der Waals surface area contributed by atoms with E-state index in [1.165, 1.54) is 13.0 Å². The van der Waals surface area contributed by atoms with Gasteiger partial charge in [-0.05, 0) is 52.2 Å². The summed E-state index contributed by atoms with van der Waals surface area (Å²) in [5.74, 6) is 0. The summed E-state index contributed by atoms with van der Waals surface area (Å²) < 4.78 is 76.3. The standard InChI is InChI=1S/C13H18BF5O2S/c1-9-6-10(8-11(7-9)22(15,16,17,18)19)14-20-12(2,3)13(4,5)21-14/h6-8H,1-5H3. The molecule has 1 fully saturated rings. The molecule has 1 aromatic rings. The molecule has 0 bridgehead atoms. The second-order valence-electron chi connectivity index (χ2n) is 6.64. The predicted octanol–water partition coefficient (Wildman–Crippen LogP) is 4.95. The average molecular weight is 344 g/mol. The van der Waals surface area contributed by atoms with Crippen LogP contribution in [-0.2, 0) is 9.31 Å². The molecule has 0 amide bonds. The van der Waals surface area contributed by atoms with Gasteiger partial charge in [0.05, 0.1) is 11.2 Å². The Kier molecular flexibility index (Phi) is 3.19. The summed E-state index contributed by atoms with van der Waals surface area (Å²) in [5, 5.41) is 0. The van der Waals surface area contributed by atoms with Gasteiger partial charge < -0.3 is 9.31 Å². The van der Waals surface area contributed by atoms with E-state index in [1.54, 1.807) is 27.7 Å². The number of aryl methyl sites for hydroxylation is 1. The third-order valence-corrected chi connectivity index (χ3v) is 5.17. The second kappa shape index (κ2) is 3.99. The Balaban J connectivity index is 2.51. The van der Waals surface area contributed by atoms with Gasteiger partial charge in [-0.1, -0.05) is 31.1 Å². The van der Waals surface area contributed by atoms with Gasteiger partial charge in [0.2, 0.25) is 0 Å². The molecule has 0 radical (unpaired) electrons. The maximum Gasteiger partial charge on any atom is 0.494 e. The van der Waals surface area contributed by atoms with Crippen LogP contribution in [0.25, 0.3) is 0 Å². The van der Waals surface area contributed by atoms with E-state index in [0.717, 1.165) is 0 Å². The third kappa shape index (κ3) is 3.26. The molecule has 0 aromatic heterocycles. The minimum Gasteiger partial charge on any atom is -0.399 e. The minimum atomic E-state index is -9.74. The van der Waals surface area contributed by atoms with E-state index in [4.69, 9.17) is 9.31 Å². The molecule has 22 heavy (non-hydrogen) atoms. The lowest BCUT2D eigenvalue weighted by Crippen LogP contribution is -2.41. The molecule has 2 nitrogen and oxygen atoms in total. The fourth-order valence-corrected chi connectivity index (χ4v) is 2.88. The van der Waals surface area contributed by atoms with Gasteiger partial charge in [-0.25, -0.2) is 0 Å². The van der Waals surface area contributed by atoms with E-state index in [0.29, 0.717) is 12.1 Å². The smallest absolute Gasteiger partial charge is 0.399 e. The highest BCUT2D eigenvalue weighted by molar-refractivity contribution is 8.45. The molecule has 1 aromatic carbocycles. The zero-order valence-corrected chi connectivity index (χ0v) is 13.7. The number of benzene rings is 1. The van der Waals surface area contributed by atoms with Crippen LogP contribution in [-0.4, -0.2) is 18.3 Å². The molecular weight excluding hydrogens is 326 g/mol. The molecule has 1 aliphatic rings. The highest BCUT2D eigenvalue weighted by Gasteiger charge is 2.65. The molecule has 0 N–H and O–H groups in total. The van der Waals surface area contributed by atoms with E-state index in [-0.39, 0.29) is 11.0 Å². The molecule has 1 heterocycles. The van der Waals surface area contributed by atoms with E-state index in [1.807, 2.05) is 0 Å². The Bertz CT molecular complexity index is 611. The highest BCUT2D eigenvalue weighted by Crippen LogP contribution is 3.02. The molecule has 0 spiro atoms. The minimum absolute atomic E-state index is 0.0652. The largest absolute Gasteiger partial charge is 0.494 e. The number of halogens is 5. The van der Waals surface area contributed by atoms with Crippen LogP contribution in [0.2, 0.25) is 0 Å². The van der Waals surface area contributed by atoms with Crippen molar-refractivity contribution in [3.05, 3.63) is 23.8 Å². The maximum absolute atomic E-state index is 13.0. The van der Waals surface area contributed by atoms with Crippen molar-refractivity contribution in [1.29, 1.82) is 0 Å². The molecule has 9 heteroatoms. The van der Waals surface area contributed by atoms with Gasteiger partial charge in [0, 0.05) is 0 Å². The first-order valence-electron chi connectivity index (χ1n) is 6.63. The number of hydrogen-bond acceptors (Lipinski definition) is 2. The molecule has 0 atom stereocenters. The van der Waals surface area contributed by atoms with Crippen molar-refractivity contribution in [2.45, 2.75) is 50.7 Å². The SMILES string of the molecule is Cc1cc(B2OC(C)(C)C(C)(C)O2)cc(S(F)(F)(F)(F)F)c1. The van der Waals surface area contributed by atoms with Crippen LogP contribution < -0.4 is 5.46 Å². The molecule has 1 saturated heterocycles. The van der Waals surface area contributed by atoms with Crippen molar-refractivity contribution in [2.24, 2.45) is 0 Å². The molecule has 2 rings (SSSR count). The van der Waals surface area contributed by atoms with Gasteiger partial charge in [-0.15, -0.1) is 0 Å². The first-order chi connectivity index (χ1) is 9.41. The van der Waals surface area contributed by atoms with E-state index in [2.05, 4.69) is 0 Å². The highest BCUT2D eigenvalue weighted by atomic mass is 32.5. The monoisotopic (exact) mass is 344 g/mol. The molecule has 0 unspecified atom stereocenters. The summed E-state index contributed by atoms with van der Waals surface area (Å²) in [6, 6.07) is 2.21. The van der Waals surface area contributed by atoms with Crippen molar-refractivity contribution >= 4 is 22.8 Å². The first kappa shape index (κ1) is 17.6. The summed E-state index contributed by atoms with van der Waals surface area (Å²) in [6.45, 7) is 8.24. The predicted molar refractivity (Wildman–Crippen MR) is 78.3 cm³/mol. The average Bonchev–Trinajstić information content (AvgIpc) is 2.44. The van der Waals surface area contributed by atoms with Crippen LogP contribution in [0.3, 0.4) is 0 Å². The van der Waals surface area contributed by atoms with Crippen molar-refractivity contribution in [3.63, 3.8) is 0 Å². The normalized spacial score (nSPS) is 24.0. The molecule has 0 aliphatic carbocycles. The lowest BCUT2D eigenvalue weighted by molar-refractivity contribution is 0.00578. The van der Waals surface area contributed by atoms with Crippen LogP contribution in [0.5, 0.6) is 0 Å². The van der Waals surface area contributed by atoms with Gasteiger partial charge in [0.1, 0.15) is 4.90 Å². The van der Waals surface area contributed by atoms with Gasteiger partial charge >= 0.3 is 17.3 Å². The Labute approximate surface area is 126 Å². The molecule has 126 valence electrons. The maximum atomic E-state index is 13.0. The quantitative estimate of drug-likeness (QED) is 0.558. The number of rotatable bonds is 2. The summed E-state index contributed by atoms with van der Waals surface area (Å²) in [7, 11) is -10.9. The summed E-state index contributed by atoms with van der Waals surface area (Å²) in [6.07, 6.45) is 0. The Morgan fingerprint density at radius 1 is 0.864 bits per heavy atom. The van der Waals surface area contributed by atoms with Crippen LogP contribution in [0.4, 0.5) is 19.4 Å². The van der Waals surface area contributed by atoms with Crippen molar-refractivity contribution in [3.8, 4) is 0 Å². The van der Waals surface area contributed by atoms with Gasteiger partial charge in [0.25, 0.3) is 0 Å². The van der Waals surface area contributed by atoms with E-state index in [9.17, 15) is 19.4 Å². The summed E-state index contributed by atoms with van der Waals surface area (Å²) >= 11 is 0. The summed E-state index contributed by atoms with van der Waals surface area (Å²) in [5.41, 5.74) is -1.54. The fraction of sp³-hybridized carbons (Fsp3) is 0.538. The lowest BCUT2D eigenvalue weighted by Gasteiger charge is -2.41. The van der Waals surface area contributed by atoms with Crippen LogP contribution in [0.15, 0.2) is 23.1 Å². The van der Waals surface area contributed by atoms with Crippen LogP contribution in [0.1, 0.15) is 33.3 Å².